The fourth-order valence-corrected chi connectivity index (χ4v) is 1.32. The average molecular weight is 239 g/mol. The smallest absolute Gasteiger partial charge is 0.394 e. The molecule has 0 aliphatic rings. The molecule has 0 unspecified atom stereocenters. The highest BCUT2D eigenvalue weighted by Crippen LogP contribution is 2.12. The zero-order valence-corrected chi connectivity index (χ0v) is 8.81. The number of halogens is 1. The van der Waals surface area contributed by atoms with E-state index in [1.807, 2.05) is 12.1 Å². The topological polar surface area (TPSA) is 76.2 Å². The molecular weight excluding hydrogens is 232 g/mol. The summed E-state index contributed by atoms with van der Waals surface area (Å²) in [5.41, 5.74) is 0.933. The molecule has 0 spiro atoms. The van der Waals surface area contributed by atoms with Crippen LogP contribution in [0.4, 0.5) is 0 Å². The predicted octanol–water partition coefficient (Wildman–Crippen LogP) is 2.01. The van der Waals surface area contributed by atoms with E-state index in [1.54, 1.807) is 12.1 Å². The number of carboxylic acid groups (broad SMARTS) is 1. The van der Waals surface area contributed by atoms with Gasteiger partial charge in [0.05, 0.1) is 0 Å². The Bertz CT molecular complexity index is 507. The van der Waals surface area contributed by atoms with E-state index < -0.39 is 11.9 Å². The minimum Gasteiger partial charge on any atom is -0.474 e. The number of hydrogen-bond acceptors (Lipinski definition) is 4. The van der Waals surface area contributed by atoms with Crippen LogP contribution >= 0.6 is 11.6 Å². The molecule has 0 atom stereocenters. The van der Waals surface area contributed by atoms with E-state index in [9.17, 15) is 4.79 Å². The summed E-state index contributed by atoms with van der Waals surface area (Å²) in [6, 6.07) is 7.13. The van der Waals surface area contributed by atoms with Gasteiger partial charge in [-0.15, -0.1) is 0 Å². The molecule has 1 N–H and O–H groups in total. The average Bonchev–Trinajstić information content (AvgIpc) is 2.70. The summed E-state index contributed by atoms with van der Waals surface area (Å²) in [5, 5.41) is 12.8. The Kier molecular flexibility index (Phi) is 2.87. The highest BCUT2D eigenvalue weighted by Gasteiger charge is 2.13. The van der Waals surface area contributed by atoms with Gasteiger partial charge in [0, 0.05) is 11.4 Å². The SMILES string of the molecule is O=C(O)c1nc(Cc2ccc(Cl)cc2)no1. The molecule has 2 rings (SSSR count). The lowest BCUT2D eigenvalue weighted by atomic mass is 10.1. The van der Waals surface area contributed by atoms with Crippen molar-refractivity contribution in [3.63, 3.8) is 0 Å². The second-order valence-corrected chi connectivity index (χ2v) is 3.56. The Morgan fingerprint density at radius 2 is 2.06 bits per heavy atom. The molecule has 0 saturated heterocycles. The molecule has 0 radical (unpaired) electrons. The van der Waals surface area contributed by atoms with Crippen molar-refractivity contribution in [2.75, 3.05) is 0 Å². The Morgan fingerprint density at radius 1 is 1.38 bits per heavy atom. The number of rotatable bonds is 3. The van der Waals surface area contributed by atoms with Crippen molar-refractivity contribution < 1.29 is 14.4 Å². The third-order valence-corrected chi connectivity index (χ3v) is 2.18. The number of aromatic carboxylic acids is 1. The van der Waals surface area contributed by atoms with Crippen LogP contribution in [0.15, 0.2) is 28.8 Å². The molecule has 2 aromatic rings. The fraction of sp³-hybridized carbons (Fsp3) is 0.100. The number of carboxylic acids is 1. The second-order valence-electron chi connectivity index (χ2n) is 3.12. The van der Waals surface area contributed by atoms with E-state index in [0.29, 0.717) is 17.3 Å². The molecule has 0 bridgehead atoms. The van der Waals surface area contributed by atoms with Gasteiger partial charge in [-0.1, -0.05) is 28.9 Å². The Balaban J connectivity index is 2.14. The molecular formula is C10H7ClN2O3. The summed E-state index contributed by atoms with van der Waals surface area (Å²) in [5.74, 6) is -1.29. The van der Waals surface area contributed by atoms with Gasteiger partial charge in [-0.3, -0.25) is 0 Å². The number of aromatic nitrogens is 2. The molecule has 0 amide bonds. The van der Waals surface area contributed by atoms with Gasteiger partial charge in [0.25, 0.3) is 0 Å². The van der Waals surface area contributed by atoms with Crippen LogP contribution in [0, 0.1) is 0 Å². The number of carbonyl (C=O) groups is 1. The highest BCUT2D eigenvalue weighted by atomic mass is 35.5. The first-order chi connectivity index (χ1) is 7.65. The van der Waals surface area contributed by atoms with Crippen LogP contribution in [0.2, 0.25) is 5.02 Å². The van der Waals surface area contributed by atoms with Crippen molar-refractivity contribution in [1.82, 2.24) is 10.1 Å². The van der Waals surface area contributed by atoms with Gasteiger partial charge in [0.2, 0.25) is 0 Å². The van der Waals surface area contributed by atoms with E-state index in [0.717, 1.165) is 5.56 Å². The molecule has 1 aromatic heterocycles. The van der Waals surface area contributed by atoms with Gasteiger partial charge < -0.3 is 9.63 Å². The van der Waals surface area contributed by atoms with Gasteiger partial charge in [-0.25, -0.2) is 4.79 Å². The minimum atomic E-state index is -1.23. The lowest BCUT2D eigenvalue weighted by molar-refractivity contribution is 0.0643. The predicted molar refractivity (Wildman–Crippen MR) is 55.5 cm³/mol. The fourth-order valence-electron chi connectivity index (χ4n) is 1.20. The molecule has 0 aliphatic carbocycles. The lowest BCUT2D eigenvalue weighted by Crippen LogP contribution is -1.97. The molecule has 5 nitrogen and oxygen atoms in total. The van der Waals surface area contributed by atoms with Crippen LogP contribution in [0.3, 0.4) is 0 Å². The van der Waals surface area contributed by atoms with E-state index in [4.69, 9.17) is 16.7 Å². The molecule has 0 aliphatic heterocycles. The highest BCUT2D eigenvalue weighted by molar-refractivity contribution is 6.30. The third-order valence-electron chi connectivity index (χ3n) is 1.93. The van der Waals surface area contributed by atoms with Gasteiger partial charge in [0.1, 0.15) is 0 Å². The summed E-state index contributed by atoms with van der Waals surface area (Å²) in [4.78, 5) is 14.2. The maximum absolute atomic E-state index is 10.5. The first kappa shape index (κ1) is 10.6. The number of hydrogen-bond donors (Lipinski definition) is 1. The summed E-state index contributed by atoms with van der Waals surface area (Å²) in [7, 11) is 0. The van der Waals surface area contributed by atoms with Crippen LogP contribution in [-0.2, 0) is 6.42 Å². The van der Waals surface area contributed by atoms with Crippen molar-refractivity contribution in [3.8, 4) is 0 Å². The summed E-state index contributed by atoms with van der Waals surface area (Å²) < 4.78 is 4.54. The summed E-state index contributed by atoms with van der Waals surface area (Å²) in [6.45, 7) is 0. The van der Waals surface area contributed by atoms with Crippen molar-refractivity contribution in [2.24, 2.45) is 0 Å². The zero-order chi connectivity index (χ0) is 11.5. The number of nitrogens with zero attached hydrogens (tertiary/aromatic N) is 2. The summed E-state index contributed by atoms with van der Waals surface area (Å²) >= 11 is 5.73. The van der Waals surface area contributed by atoms with Crippen LogP contribution in [0.25, 0.3) is 0 Å². The minimum absolute atomic E-state index is 0.333. The normalized spacial score (nSPS) is 10.3. The van der Waals surface area contributed by atoms with Crippen molar-refractivity contribution in [3.05, 3.63) is 46.6 Å². The van der Waals surface area contributed by atoms with E-state index >= 15 is 0 Å². The van der Waals surface area contributed by atoms with Gasteiger partial charge in [0.15, 0.2) is 5.82 Å². The van der Waals surface area contributed by atoms with E-state index in [1.165, 1.54) is 0 Å². The quantitative estimate of drug-likeness (QED) is 0.885. The maximum Gasteiger partial charge on any atom is 0.394 e. The second kappa shape index (κ2) is 4.32. The van der Waals surface area contributed by atoms with Gasteiger partial charge in [-0.2, -0.15) is 4.98 Å². The molecule has 1 heterocycles. The van der Waals surface area contributed by atoms with E-state index in [-0.39, 0.29) is 0 Å². The largest absolute Gasteiger partial charge is 0.474 e. The molecule has 1 aromatic carbocycles. The lowest BCUT2D eigenvalue weighted by Gasteiger charge is -1.95. The Hall–Kier alpha value is -1.88. The maximum atomic E-state index is 10.5. The molecule has 0 fully saturated rings. The van der Waals surface area contributed by atoms with Crippen LogP contribution < -0.4 is 0 Å². The monoisotopic (exact) mass is 238 g/mol. The number of benzene rings is 1. The van der Waals surface area contributed by atoms with Gasteiger partial charge in [-0.05, 0) is 17.7 Å². The van der Waals surface area contributed by atoms with Crippen molar-refractivity contribution in [2.45, 2.75) is 6.42 Å². The van der Waals surface area contributed by atoms with Crippen LogP contribution in [0.5, 0.6) is 0 Å². The standard InChI is InChI=1S/C10H7ClN2O3/c11-7-3-1-6(2-4-7)5-8-12-9(10(14)15)16-13-8/h1-4H,5H2,(H,14,15). The van der Waals surface area contributed by atoms with Crippen LogP contribution in [-0.4, -0.2) is 21.2 Å². The first-order valence-corrected chi connectivity index (χ1v) is 4.83. The van der Waals surface area contributed by atoms with Crippen LogP contribution in [0.1, 0.15) is 22.1 Å². The molecule has 16 heavy (non-hydrogen) atoms. The first-order valence-electron chi connectivity index (χ1n) is 4.45. The van der Waals surface area contributed by atoms with Crippen molar-refractivity contribution in [1.29, 1.82) is 0 Å². The molecule has 82 valence electrons. The molecule has 0 saturated carbocycles. The Labute approximate surface area is 95.7 Å². The summed E-state index contributed by atoms with van der Waals surface area (Å²) in [6.07, 6.45) is 0.411. The van der Waals surface area contributed by atoms with E-state index in [2.05, 4.69) is 14.7 Å². The zero-order valence-electron chi connectivity index (χ0n) is 8.05. The van der Waals surface area contributed by atoms with Crippen molar-refractivity contribution >= 4 is 17.6 Å². The Morgan fingerprint density at radius 3 is 2.62 bits per heavy atom. The third kappa shape index (κ3) is 2.38. The molecule has 6 heteroatoms. The van der Waals surface area contributed by atoms with Gasteiger partial charge >= 0.3 is 11.9 Å².